The van der Waals surface area contributed by atoms with Crippen LogP contribution in [0.25, 0.3) is 0 Å². The van der Waals surface area contributed by atoms with E-state index in [0.717, 1.165) is 5.56 Å². The van der Waals surface area contributed by atoms with Crippen LogP contribution in [0, 0.1) is 5.82 Å². The SMILES string of the molecule is CC[S@@](=O)c1ccccc1C(=O)NCc1ccc(F)cc1. The van der Waals surface area contributed by atoms with Gasteiger partial charge in [-0.15, -0.1) is 0 Å². The fourth-order valence-corrected chi connectivity index (χ4v) is 2.84. The molecule has 0 radical (unpaired) electrons. The van der Waals surface area contributed by atoms with Crippen LogP contribution in [0.3, 0.4) is 0 Å². The van der Waals surface area contributed by atoms with Gasteiger partial charge in [-0.05, 0) is 29.8 Å². The Kier molecular flexibility index (Phi) is 5.22. The summed E-state index contributed by atoms with van der Waals surface area (Å²) in [6, 6.07) is 12.8. The van der Waals surface area contributed by atoms with Crippen molar-refractivity contribution in [1.82, 2.24) is 5.32 Å². The van der Waals surface area contributed by atoms with Gasteiger partial charge in [-0.3, -0.25) is 9.00 Å². The van der Waals surface area contributed by atoms with E-state index < -0.39 is 10.8 Å². The highest BCUT2D eigenvalue weighted by Crippen LogP contribution is 2.14. The molecular formula is C16H16FNO2S. The largest absolute Gasteiger partial charge is 0.348 e. The Labute approximate surface area is 125 Å². The molecule has 21 heavy (non-hydrogen) atoms. The number of carbonyl (C=O) groups is 1. The highest BCUT2D eigenvalue weighted by Gasteiger charge is 2.14. The van der Waals surface area contributed by atoms with Gasteiger partial charge in [-0.2, -0.15) is 0 Å². The zero-order valence-electron chi connectivity index (χ0n) is 11.6. The first-order valence-corrected chi connectivity index (χ1v) is 7.93. The second-order valence-corrected chi connectivity index (χ2v) is 6.15. The number of nitrogens with one attached hydrogen (secondary N) is 1. The van der Waals surface area contributed by atoms with Crippen LogP contribution < -0.4 is 5.32 Å². The number of carbonyl (C=O) groups excluding carboxylic acids is 1. The number of benzene rings is 2. The summed E-state index contributed by atoms with van der Waals surface area (Å²) in [4.78, 5) is 12.7. The van der Waals surface area contributed by atoms with Crippen LogP contribution in [0.2, 0.25) is 0 Å². The van der Waals surface area contributed by atoms with Gasteiger partial charge < -0.3 is 5.32 Å². The second-order valence-electron chi connectivity index (χ2n) is 4.44. The Morgan fingerprint density at radius 1 is 1.14 bits per heavy atom. The van der Waals surface area contributed by atoms with E-state index in [0.29, 0.717) is 22.8 Å². The Morgan fingerprint density at radius 2 is 1.81 bits per heavy atom. The molecule has 0 saturated heterocycles. The van der Waals surface area contributed by atoms with Crippen molar-refractivity contribution >= 4 is 16.7 Å². The van der Waals surface area contributed by atoms with Gasteiger partial charge in [0.05, 0.1) is 21.3 Å². The molecule has 2 aromatic carbocycles. The first kappa shape index (κ1) is 15.4. The van der Waals surface area contributed by atoms with Gasteiger partial charge in [-0.1, -0.05) is 31.2 Å². The smallest absolute Gasteiger partial charge is 0.252 e. The molecule has 2 rings (SSSR count). The van der Waals surface area contributed by atoms with E-state index in [4.69, 9.17) is 0 Å². The molecule has 1 N–H and O–H groups in total. The predicted molar refractivity (Wildman–Crippen MR) is 81.0 cm³/mol. The van der Waals surface area contributed by atoms with Gasteiger partial charge in [0.1, 0.15) is 5.82 Å². The van der Waals surface area contributed by atoms with Crippen molar-refractivity contribution in [2.75, 3.05) is 5.75 Å². The third-order valence-electron chi connectivity index (χ3n) is 3.01. The van der Waals surface area contributed by atoms with Crippen molar-refractivity contribution in [3.63, 3.8) is 0 Å². The van der Waals surface area contributed by atoms with Gasteiger partial charge in [-0.25, -0.2) is 4.39 Å². The van der Waals surface area contributed by atoms with Crippen LogP contribution >= 0.6 is 0 Å². The van der Waals surface area contributed by atoms with Crippen LogP contribution in [-0.2, 0) is 17.3 Å². The van der Waals surface area contributed by atoms with Gasteiger partial charge in [0.25, 0.3) is 5.91 Å². The topological polar surface area (TPSA) is 46.2 Å². The summed E-state index contributed by atoms with van der Waals surface area (Å²) < 4.78 is 24.7. The van der Waals surface area contributed by atoms with Crippen molar-refractivity contribution in [3.05, 3.63) is 65.5 Å². The summed E-state index contributed by atoms with van der Waals surface area (Å²) in [6.07, 6.45) is 0. The number of rotatable bonds is 5. The zero-order chi connectivity index (χ0) is 15.2. The standard InChI is InChI=1S/C16H16FNO2S/c1-2-21(20)15-6-4-3-5-14(15)16(19)18-11-12-7-9-13(17)10-8-12/h3-10H,2,11H2,1H3,(H,18,19)/t21-/m1/s1. The molecule has 1 amide bonds. The predicted octanol–water partition coefficient (Wildman–Crippen LogP) is 2.88. The van der Waals surface area contributed by atoms with Crippen LogP contribution in [0.5, 0.6) is 0 Å². The monoisotopic (exact) mass is 305 g/mol. The van der Waals surface area contributed by atoms with Crippen molar-refractivity contribution in [3.8, 4) is 0 Å². The van der Waals surface area contributed by atoms with Gasteiger partial charge in [0, 0.05) is 12.3 Å². The maximum absolute atomic E-state index is 12.8. The molecule has 2 aromatic rings. The average molecular weight is 305 g/mol. The highest BCUT2D eigenvalue weighted by atomic mass is 32.2. The molecule has 0 aliphatic carbocycles. The summed E-state index contributed by atoms with van der Waals surface area (Å²) in [5.41, 5.74) is 1.22. The molecule has 0 spiro atoms. The highest BCUT2D eigenvalue weighted by molar-refractivity contribution is 7.85. The van der Waals surface area contributed by atoms with Crippen LogP contribution in [0.4, 0.5) is 4.39 Å². The second kappa shape index (κ2) is 7.13. The Bertz CT molecular complexity index is 656. The molecule has 3 nitrogen and oxygen atoms in total. The fourth-order valence-electron chi connectivity index (χ4n) is 1.89. The van der Waals surface area contributed by atoms with E-state index in [1.165, 1.54) is 12.1 Å². The molecule has 0 bridgehead atoms. The number of halogens is 1. The minimum atomic E-state index is -1.18. The number of amides is 1. The van der Waals surface area contributed by atoms with E-state index in [1.54, 1.807) is 36.4 Å². The van der Waals surface area contributed by atoms with Crippen molar-refractivity contribution < 1.29 is 13.4 Å². The lowest BCUT2D eigenvalue weighted by Crippen LogP contribution is -2.24. The maximum atomic E-state index is 12.8. The molecule has 1 atom stereocenters. The first-order chi connectivity index (χ1) is 10.1. The molecule has 0 aliphatic heterocycles. The molecule has 0 aromatic heterocycles. The lowest BCUT2D eigenvalue weighted by atomic mass is 10.2. The third-order valence-corrected chi connectivity index (χ3v) is 4.38. The van der Waals surface area contributed by atoms with Gasteiger partial charge in [0.15, 0.2) is 0 Å². The molecule has 0 saturated carbocycles. The molecule has 0 aliphatic rings. The average Bonchev–Trinajstić information content (AvgIpc) is 2.53. The van der Waals surface area contributed by atoms with E-state index in [9.17, 15) is 13.4 Å². The van der Waals surface area contributed by atoms with Gasteiger partial charge >= 0.3 is 0 Å². The maximum Gasteiger partial charge on any atom is 0.252 e. The van der Waals surface area contributed by atoms with E-state index >= 15 is 0 Å². The molecule has 5 heteroatoms. The zero-order valence-corrected chi connectivity index (χ0v) is 12.5. The first-order valence-electron chi connectivity index (χ1n) is 6.62. The Morgan fingerprint density at radius 3 is 2.48 bits per heavy atom. The van der Waals surface area contributed by atoms with Crippen molar-refractivity contribution in [2.24, 2.45) is 0 Å². The number of hydrogen-bond donors (Lipinski definition) is 1. The number of hydrogen-bond acceptors (Lipinski definition) is 2. The fraction of sp³-hybridized carbons (Fsp3) is 0.188. The van der Waals surface area contributed by atoms with Crippen LogP contribution in [-0.4, -0.2) is 15.9 Å². The normalized spacial score (nSPS) is 11.9. The molecule has 0 heterocycles. The van der Waals surface area contributed by atoms with Crippen LogP contribution in [0.1, 0.15) is 22.8 Å². The summed E-state index contributed by atoms with van der Waals surface area (Å²) in [6.45, 7) is 2.11. The van der Waals surface area contributed by atoms with Crippen LogP contribution in [0.15, 0.2) is 53.4 Å². The molecule has 110 valence electrons. The lowest BCUT2D eigenvalue weighted by molar-refractivity contribution is 0.0948. The Balaban J connectivity index is 2.10. The van der Waals surface area contributed by atoms with E-state index in [-0.39, 0.29) is 11.7 Å². The minimum absolute atomic E-state index is 0.281. The van der Waals surface area contributed by atoms with Crippen molar-refractivity contribution in [1.29, 1.82) is 0 Å². The third kappa shape index (κ3) is 3.98. The molecule has 0 fully saturated rings. The van der Waals surface area contributed by atoms with Gasteiger partial charge in [0.2, 0.25) is 0 Å². The summed E-state index contributed by atoms with van der Waals surface area (Å²) in [5.74, 6) is -0.132. The molecular weight excluding hydrogens is 289 g/mol. The quantitative estimate of drug-likeness (QED) is 0.923. The lowest BCUT2D eigenvalue weighted by Gasteiger charge is -2.09. The minimum Gasteiger partial charge on any atom is -0.348 e. The summed E-state index contributed by atoms with van der Waals surface area (Å²) in [5, 5.41) is 2.76. The Hall–Kier alpha value is -2.01. The van der Waals surface area contributed by atoms with Crippen molar-refractivity contribution in [2.45, 2.75) is 18.4 Å². The molecule has 0 unspecified atom stereocenters. The summed E-state index contributed by atoms with van der Waals surface area (Å²) in [7, 11) is -1.18. The van der Waals surface area contributed by atoms with E-state index in [2.05, 4.69) is 5.32 Å². The summed E-state index contributed by atoms with van der Waals surface area (Å²) >= 11 is 0. The van der Waals surface area contributed by atoms with E-state index in [1.807, 2.05) is 6.92 Å².